The molecule has 3 fully saturated rings. The van der Waals surface area contributed by atoms with Gasteiger partial charge in [0.05, 0.1) is 49.4 Å². The quantitative estimate of drug-likeness (QED) is 0.0726. The van der Waals surface area contributed by atoms with Gasteiger partial charge in [-0.15, -0.1) is 0 Å². The molecule has 0 bridgehead atoms. The van der Waals surface area contributed by atoms with E-state index >= 15 is 0 Å². The SMILES string of the molecule is COc1ccc(NC(=S)NC2CCN(c3ccnc4c(Cl)cccc34)CC2)cc1.S=C(Nc1cccc(Cl)c1)NC1CCN(c2ccnc3c(Cl)cccc23)CC1.S=C(Nc1ccccc1Cl)NC1CCN(c2ccnc3c(Cl)cccc23)CC1. The summed E-state index contributed by atoms with van der Waals surface area (Å²) in [6.07, 6.45) is 11.5. The first-order chi connectivity index (χ1) is 41.3. The van der Waals surface area contributed by atoms with Gasteiger partial charge in [0.1, 0.15) is 5.75 Å². The molecule has 0 spiro atoms. The zero-order valence-electron chi connectivity index (χ0n) is 46.5. The van der Waals surface area contributed by atoms with Crippen molar-refractivity contribution < 1.29 is 4.74 Å². The van der Waals surface area contributed by atoms with E-state index in [0.717, 1.165) is 133 Å². The van der Waals surface area contributed by atoms with Crippen LogP contribution in [0.3, 0.4) is 0 Å². The summed E-state index contributed by atoms with van der Waals surface area (Å²) in [5, 5.41) is 28.5. The van der Waals surface area contributed by atoms with E-state index in [1.807, 2.05) is 128 Å². The Hall–Kier alpha value is -6.73. The number of rotatable bonds is 10. The van der Waals surface area contributed by atoms with Crippen LogP contribution in [0, 0.1) is 0 Å². The second kappa shape index (κ2) is 29.6. The molecular formula is C64H63Cl5N12OS3. The number of hydrogen-bond donors (Lipinski definition) is 6. The molecule has 0 radical (unpaired) electrons. The molecule has 0 amide bonds. The Balaban J connectivity index is 0.000000142. The van der Waals surface area contributed by atoms with E-state index in [1.165, 1.54) is 17.1 Å². The molecular weight excluding hydrogens is 1230 g/mol. The summed E-state index contributed by atoms with van der Waals surface area (Å²) in [7, 11) is 1.66. The minimum absolute atomic E-state index is 0.329. The van der Waals surface area contributed by atoms with E-state index in [-0.39, 0.29) is 0 Å². The van der Waals surface area contributed by atoms with Gasteiger partial charge in [0, 0.05) is 126 Å². The maximum atomic E-state index is 6.31. The minimum atomic E-state index is 0.329. The Kier molecular flexibility index (Phi) is 21.4. The molecule has 6 N–H and O–H groups in total. The number of methoxy groups -OCH3 is 1. The normalized spacial score (nSPS) is 14.8. The highest BCUT2D eigenvalue weighted by Gasteiger charge is 2.25. The summed E-state index contributed by atoms with van der Waals surface area (Å²) < 4.78 is 5.18. The number of pyridine rings is 3. The fourth-order valence-corrected chi connectivity index (χ4v) is 12.7. The lowest BCUT2D eigenvalue weighted by Crippen LogP contribution is -2.46. The highest BCUT2D eigenvalue weighted by atomic mass is 35.5. The highest BCUT2D eigenvalue weighted by Crippen LogP contribution is 2.35. The van der Waals surface area contributed by atoms with Gasteiger partial charge in [-0.05, 0) is 166 Å². The van der Waals surface area contributed by atoms with Gasteiger partial charge in [0.2, 0.25) is 0 Å². The summed E-state index contributed by atoms with van der Waals surface area (Å²) in [4.78, 5) is 20.5. The molecule has 0 unspecified atom stereocenters. The van der Waals surface area contributed by atoms with Crippen LogP contribution >= 0.6 is 94.7 Å². The molecule has 3 aliphatic rings. The molecule has 21 heteroatoms. The van der Waals surface area contributed by atoms with Crippen molar-refractivity contribution >= 4 is 177 Å². The molecule has 6 aromatic carbocycles. The van der Waals surface area contributed by atoms with E-state index in [0.29, 0.717) is 58.6 Å². The van der Waals surface area contributed by atoms with Gasteiger partial charge in [-0.2, -0.15) is 0 Å². The molecule has 438 valence electrons. The summed E-state index contributed by atoms with van der Waals surface area (Å²) in [6.45, 7) is 5.69. The van der Waals surface area contributed by atoms with E-state index in [4.69, 9.17) is 99.4 Å². The van der Waals surface area contributed by atoms with Crippen molar-refractivity contribution in [2.24, 2.45) is 0 Å². The highest BCUT2D eigenvalue weighted by molar-refractivity contribution is 7.80. The smallest absolute Gasteiger partial charge is 0.171 e. The predicted molar refractivity (Wildman–Crippen MR) is 370 cm³/mol. The third-order valence-corrected chi connectivity index (χ3v) is 17.3. The van der Waals surface area contributed by atoms with Gasteiger partial charge < -0.3 is 51.3 Å². The van der Waals surface area contributed by atoms with Gasteiger partial charge in [-0.25, -0.2) is 0 Å². The number of nitrogens with one attached hydrogen (secondary N) is 6. The van der Waals surface area contributed by atoms with Crippen LogP contribution < -0.4 is 51.3 Å². The van der Waals surface area contributed by atoms with Gasteiger partial charge in [-0.3, -0.25) is 15.0 Å². The van der Waals surface area contributed by atoms with Gasteiger partial charge in [0.25, 0.3) is 0 Å². The van der Waals surface area contributed by atoms with Gasteiger partial charge in [-0.1, -0.05) is 113 Å². The third kappa shape index (κ3) is 16.2. The Morgan fingerprint density at radius 3 is 1.20 bits per heavy atom. The lowest BCUT2D eigenvalue weighted by molar-refractivity contribution is 0.415. The van der Waals surface area contributed by atoms with Crippen molar-refractivity contribution in [2.45, 2.75) is 56.7 Å². The number of para-hydroxylation sites is 4. The Labute approximate surface area is 537 Å². The maximum Gasteiger partial charge on any atom is 0.171 e. The van der Waals surface area contributed by atoms with Gasteiger partial charge >= 0.3 is 0 Å². The van der Waals surface area contributed by atoms with Crippen LogP contribution in [0.4, 0.5) is 34.1 Å². The van der Waals surface area contributed by atoms with E-state index in [2.05, 4.69) is 98.0 Å². The lowest BCUT2D eigenvalue weighted by atomic mass is 10.0. The molecule has 3 saturated heterocycles. The van der Waals surface area contributed by atoms with Crippen LogP contribution in [0.25, 0.3) is 32.7 Å². The largest absolute Gasteiger partial charge is 0.497 e. The van der Waals surface area contributed by atoms with Crippen LogP contribution in [0.1, 0.15) is 38.5 Å². The summed E-state index contributed by atoms with van der Waals surface area (Å²) >= 11 is 47.5. The molecule has 3 aromatic heterocycles. The minimum Gasteiger partial charge on any atom is -0.497 e. The number of thiocarbonyl (C=S) groups is 3. The molecule has 13 nitrogen and oxygen atoms in total. The summed E-state index contributed by atoms with van der Waals surface area (Å²) in [5.41, 5.74) is 8.78. The zero-order valence-corrected chi connectivity index (χ0v) is 52.7. The number of aromatic nitrogens is 3. The molecule has 12 rings (SSSR count). The van der Waals surface area contributed by atoms with Crippen LogP contribution in [-0.4, -0.2) is 94.8 Å². The second-order valence-corrected chi connectivity index (χ2v) is 24.0. The van der Waals surface area contributed by atoms with Crippen molar-refractivity contribution in [3.8, 4) is 5.75 Å². The van der Waals surface area contributed by atoms with Crippen molar-refractivity contribution in [3.05, 3.63) is 189 Å². The third-order valence-electron chi connectivity index (χ3n) is 15.2. The van der Waals surface area contributed by atoms with Crippen molar-refractivity contribution in [3.63, 3.8) is 0 Å². The summed E-state index contributed by atoms with van der Waals surface area (Å²) in [6, 6.07) is 47.9. The molecule has 6 heterocycles. The predicted octanol–water partition coefficient (Wildman–Crippen LogP) is 15.8. The fourth-order valence-electron chi connectivity index (χ4n) is 10.8. The van der Waals surface area contributed by atoms with E-state index in [9.17, 15) is 0 Å². The monoisotopic (exact) mass is 1290 g/mol. The lowest BCUT2D eigenvalue weighted by Gasteiger charge is -2.35. The van der Waals surface area contributed by atoms with E-state index in [1.54, 1.807) is 7.11 Å². The zero-order chi connectivity index (χ0) is 59.2. The number of ether oxygens (including phenoxy) is 1. The first-order valence-corrected chi connectivity index (χ1v) is 31.2. The molecule has 85 heavy (non-hydrogen) atoms. The van der Waals surface area contributed by atoms with Crippen molar-refractivity contribution in [2.75, 3.05) is 77.0 Å². The number of nitrogens with zero attached hydrogens (tertiary/aromatic N) is 6. The number of fused-ring (bicyclic) bond motifs is 3. The average molecular weight is 1290 g/mol. The van der Waals surface area contributed by atoms with Crippen molar-refractivity contribution in [1.29, 1.82) is 0 Å². The van der Waals surface area contributed by atoms with E-state index < -0.39 is 0 Å². The van der Waals surface area contributed by atoms with Gasteiger partial charge in [0.15, 0.2) is 15.3 Å². The molecule has 0 atom stereocenters. The molecule has 0 aliphatic carbocycles. The average Bonchev–Trinajstić information content (AvgIpc) is 3.70. The maximum absolute atomic E-state index is 6.31. The molecule has 0 saturated carbocycles. The van der Waals surface area contributed by atoms with Crippen LogP contribution in [0.15, 0.2) is 164 Å². The second-order valence-electron chi connectivity index (χ2n) is 20.7. The topological polar surface area (TPSA) is 130 Å². The summed E-state index contributed by atoms with van der Waals surface area (Å²) in [5.74, 6) is 0.826. The first kappa shape index (κ1) is 61.4. The number of benzene rings is 6. The van der Waals surface area contributed by atoms with Crippen LogP contribution in [0.2, 0.25) is 25.1 Å². The Bertz CT molecular complexity index is 3790. The first-order valence-electron chi connectivity index (χ1n) is 28.1. The standard InChI is InChI=1S/C22H23ClN4OS.2C21H20Cl2N4S/c1-28-17-7-5-15(6-8-17)25-22(29)26-16-10-13-27(14-11-16)20-9-12-24-21-18(20)3-2-4-19(21)23;22-14-3-1-4-16(13-14)26-21(28)25-15-8-11-27(12-9-15)19-7-10-24-20-17(19)5-2-6-18(20)23;22-16-5-1-2-7-18(16)26-21(28)25-14-9-12-27(13-10-14)19-8-11-24-20-15(19)4-3-6-17(20)23/h2-9,12,16H,10-11,13-14H2,1H3,(H2,25,26,29);1-7,10,13,15H,8-9,11-12H2,(H2,25,26,28);1-8,11,14H,9-10,12-13H2,(H2,25,26,28). The van der Waals surface area contributed by atoms with Crippen LogP contribution in [0.5, 0.6) is 5.75 Å². The van der Waals surface area contributed by atoms with Crippen molar-refractivity contribution in [1.82, 2.24) is 30.9 Å². The number of anilines is 6. The number of hydrogen-bond acceptors (Lipinski definition) is 10. The molecule has 3 aliphatic heterocycles. The molecule has 9 aromatic rings. The Morgan fingerprint density at radius 2 is 0.800 bits per heavy atom. The number of piperidine rings is 3. The number of halogens is 5. The fraction of sp³-hybridized carbons (Fsp3) is 0.250. The van der Waals surface area contributed by atoms with Crippen LogP contribution in [-0.2, 0) is 0 Å². The Morgan fingerprint density at radius 1 is 0.424 bits per heavy atom.